The summed E-state index contributed by atoms with van der Waals surface area (Å²) in [6, 6.07) is 13.0. The number of ether oxygens (including phenoxy) is 1. The first-order chi connectivity index (χ1) is 11.4. The summed E-state index contributed by atoms with van der Waals surface area (Å²) >= 11 is 0. The van der Waals surface area contributed by atoms with E-state index >= 15 is 0 Å². The number of hydrogen-bond donors (Lipinski definition) is 2. The molecule has 0 spiro atoms. The molecule has 124 valence electrons. The van der Waals surface area contributed by atoms with Gasteiger partial charge in [0, 0.05) is 6.54 Å². The first kappa shape index (κ1) is 17.3. The molecule has 2 N–H and O–H groups in total. The van der Waals surface area contributed by atoms with E-state index in [1.807, 2.05) is 18.2 Å². The van der Waals surface area contributed by atoms with Gasteiger partial charge in [-0.2, -0.15) is 5.26 Å². The molecule has 0 fully saturated rings. The summed E-state index contributed by atoms with van der Waals surface area (Å²) in [5.74, 6) is 0.424. The zero-order valence-corrected chi connectivity index (χ0v) is 14.0. The molecule has 0 unspecified atom stereocenters. The van der Waals surface area contributed by atoms with Gasteiger partial charge in [-0.3, -0.25) is 5.32 Å². The molecule has 1 aromatic heterocycles. The molecule has 1 aromatic carbocycles. The van der Waals surface area contributed by atoms with Crippen LogP contribution in [0.2, 0.25) is 0 Å². The van der Waals surface area contributed by atoms with E-state index < -0.39 is 11.7 Å². The van der Waals surface area contributed by atoms with E-state index in [0.29, 0.717) is 17.9 Å². The first-order valence-corrected chi connectivity index (χ1v) is 7.55. The molecule has 2 aromatic rings. The number of hydrogen-bond acceptors (Lipinski definition) is 5. The molecule has 0 bridgehead atoms. The molecule has 0 saturated heterocycles. The maximum absolute atomic E-state index is 11.7. The Kier molecular flexibility index (Phi) is 5.38. The molecule has 0 saturated carbocycles. The molecule has 1 amide bonds. The van der Waals surface area contributed by atoms with Gasteiger partial charge in [0.25, 0.3) is 0 Å². The van der Waals surface area contributed by atoms with Crippen LogP contribution in [-0.4, -0.2) is 16.7 Å². The van der Waals surface area contributed by atoms with Crippen molar-refractivity contribution in [2.24, 2.45) is 0 Å². The Morgan fingerprint density at radius 1 is 1.21 bits per heavy atom. The van der Waals surface area contributed by atoms with Crippen molar-refractivity contribution < 1.29 is 9.53 Å². The van der Waals surface area contributed by atoms with Gasteiger partial charge in [0.05, 0.1) is 23.5 Å². The zero-order valence-electron chi connectivity index (χ0n) is 14.0. The average molecular weight is 324 g/mol. The van der Waals surface area contributed by atoms with Gasteiger partial charge in [0.15, 0.2) is 0 Å². The fourth-order valence-corrected chi connectivity index (χ4v) is 1.88. The molecular weight excluding hydrogens is 304 g/mol. The van der Waals surface area contributed by atoms with Crippen molar-refractivity contribution >= 4 is 17.6 Å². The fourth-order valence-electron chi connectivity index (χ4n) is 1.88. The van der Waals surface area contributed by atoms with Gasteiger partial charge in [-0.05, 0) is 50.6 Å². The van der Waals surface area contributed by atoms with Crippen molar-refractivity contribution in [2.75, 3.05) is 10.6 Å². The summed E-state index contributed by atoms with van der Waals surface area (Å²) in [6.07, 6.45) is 1.10. The molecule has 2 rings (SSSR count). The second kappa shape index (κ2) is 7.47. The van der Waals surface area contributed by atoms with Crippen LogP contribution < -0.4 is 10.6 Å². The van der Waals surface area contributed by atoms with E-state index in [1.165, 1.54) is 0 Å². The zero-order chi connectivity index (χ0) is 17.6. The average Bonchev–Trinajstić information content (AvgIpc) is 2.53. The Hall–Kier alpha value is -3.07. The van der Waals surface area contributed by atoms with Crippen molar-refractivity contribution in [3.05, 3.63) is 53.7 Å². The molecule has 0 aliphatic heterocycles. The second-order valence-corrected chi connectivity index (χ2v) is 6.22. The molecule has 1 heterocycles. The topological polar surface area (TPSA) is 87.0 Å². The number of carbonyl (C=O) groups excluding carboxylic acids is 1. The maximum atomic E-state index is 11.7. The third kappa shape index (κ3) is 5.61. The highest BCUT2D eigenvalue weighted by atomic mass is 16.6. The number of benzene rings is 1. The Bertz CT molecular complexity index is 726. The summed E-state index contributed by atoms with van der Waals surface area (Å²) < 4.78 is 5.17. The normalized spacial score (nSPS) is 10.6. The lowest BCUT2D eigenvalue weighted by Gasteiger charge is -2.19. The molecule has 0 aliphatic carbocycles. The van der Waals surface area contributed by atoms with Crippen LogP contribution in [0.3, 0.4) is 0 Å². The Balaban J connectivity index is 1.87. The van der Waals surface area contributed by atoms with Gasteiger partial charge < -0.3 is 10.1 Å². The Morgan fingerprint density at radius 3 is 2.46 bits per heavy atom. The van der Waals surface area contributed by atoms with E-state index in [2.05, 4.69) is 21.7 Å². The summed E-state index contributed by atoms with van der Waals surface area (Å²) in [6.45, 7) is 6.02. The van der Waals surface area contributed by atoms with Crippen LogP contribution in [0, 0.1) is 11.3 Å². The quantitative estimate of drug-likeness (QED) is 0.890. The molecule has 0 radical (unpaired) electrons. The molecule has 0 aliphatic rings. The number of carbonyl (C=O) groups is 1. The number of amides is 1. The number of pyridine rings is 1. The van der Waals surface area contributed by atoms with E-state index in [9.17, 15) is 4.79 Å². The van der Waals surface area contributed by atoms with Gasteiger partial charge in [0.1, 0.15) is 11.4 Å². The Morgan fingerprint density at radius 2 is 1.92 bits per heavy atom. The number of aromatic nitrogens is 1. The Labute approximate surface area is 141 Å². The minimum Gasteiger partial charge on any atom is -0.444 e. The summed E-state index contributed by atoms with van der Waals surface area (Å²) in [7, 11) is 0. The lowest BCUT2D eigenvalue weighted by atomic mass is 10.1. The van der Waals surface area contributed by atoms with Crippen molar-refractivity contribution in [1.82, 2.24) is 4.98 Å². The van der Waals surface area contributed by atoms with Gasteiger partial charge >= 0.3 is 6.09 Å². The van der Waals surface area contributed by atoms with Gasteiger partial charge in [0.2, 0.25) is 0 Å². The van der Waals surface area contributed by atoms with Crippen LogP contribution >= 0.6 is 0 Å². The highest BCUT2D eigenvalue weighted by Crippen LogP contribution is 2.13. The number of nitrogens with zero attached hydrogens (tertiary/aromatic N) is 2. The van der Waals surface area contributed by atoms with Crippen LogP contribution in [-0.2, 0) is 11.3 Å². The maximum Gasteiger partial charge on any atom is 0.413 e. The largest absolute Gasteiger partial charge is 0.444 e. The monoisotopic (exact) mass is 324 g/mol. The third-order valence-corrected chi connectivity index (χ3v) is 2.97. The lowest BCUT2D eigenvalue weighted by Crippen LogP contribution is -2.27. The van der Waals surface area contributed by atoms with E-state index in [0.717, 1.165) is 11.3 Å². The minimum absolute atomic E-state index is 0.424. The van der Waals surface area contributed by atoms with Crippen molar-refractivity contribution in [3.8, 4) is 6.07 Å². The number of nitriles is 1. The standard InChI is InChI=1S/C18H20N4O2/c1-18(2,3)24-17(23)22-16-9-8-15(12-21-16)20-11-14-6-4-13(10-19)5-7-14/h4-9,12,20H,11H2,1-3H3,(H,21,22,23). The minimum atomic E-state index is -0.549. The highest BCUT2D eigenvalue weighted by Gasteiger charge is 2.16. The van der Waals surface area contributed by atoms with Crippen LogP contribution in [0.1, 0.15) is 31.9 Å². The van der Waals surface area contributed by atoms with Crippen LogP contribution in [0.15, 0.2) is 42.6 Å². The van der Waals surface area contributed by atoms with Crippen molar-refractivity contribution in [2.45, 2.75) is 32.9 Å². The van der Waals surface area contributed by atoms with Crippen molar-refractivity contribution in [1.29, 1.82) is 5.26 Å². The van der Waals surface area contributed by atoms with E-state index in [4.69, 9.17) is 10.00 Å². The van der Waals surface area contributed by atoms with Gasteiger partial charge in [-0.15, -0.1) is 0 Å². The lowest BCUT2D eigenvalue weighted by molar-refractivity contribution is 0.0635. The SMILES string of the molecule is CC(C)(C)OC(=O)Nc1ccc(NCc2ccc(C#N)cc2)cn1. The number of anilines is 2. The molecule has 0 atom stereocenters. The van der Waals surface area contributed by atoms with Crippen molar-refractivity contribution in [3.63, 3.8) is 0 Å². The molecule has 6 nitrogen and oxygen atoms in total. The predicted molar refractivity (Wildman–Crippen MR) is 92.6 cm³/mol. The highest BCUT2D eigenvalue weighted by molar-refractivity contribution is 5.83. The fraction of sp³-hybridized carbons (Fsp3) is 0.278. The summed E-state index contributed by atoms with van der Waals surface area (Å²) in [5, 5.41) is 14.6. The predicted octanol–water partition coefficient (Wildman–Crippen LogP) is 3.91. The third-order valence-electron chi connectivity index (χ3n) is 2.97. The number of rotatable bonds is 4. The summed E-state index contributed by atoms with van der Waals surface area (Å²) in [4.78, 5) is 15.8. The molecule has 6 heteroatoms. The summed E-state index contributed by atoms with van der Waals surface area (Å²) in [5.41, 5.74) is 1.98. The van der Waals surface area contributed by atoms with Crippen LogP contribution in [0.5, 0.6) is 0 Å². The first-order valence-electron chi connectivity index (χ1n) is 7.55. The van der Waals surface area contributed by atoms with E-state index in [-0.39, 0.29) is 0 Å². The van der Waals surface area contributed by atoms with Gasteiger partial charge in [-0.1, -0.05) is 12.1 Å². The van der Waals surface area contributed by atoms with Gasteiger partial charge in [-0.25, -0.2) is 9.78 Å². The molecule has 24 heavy (non-hydrogen) atoms. The van der Waals surface area contributed by atoms with Crippen LogP contribution in [0.4, 0.5) is 16.3 Å². The number of nitrogens with one attached hydrogen (secondary N) is 2. The second-order valence-electron chi connectivity index (χ2n) is 6.22. The molecular formula is C18H20N4O2. The smallest absolute Gasteiger partial charge is 0.413 e. The van der Waals surface area contributed by atoms with E-state index in [1.54, 1.807) is 45.2 Å². The van der Waals surface area contributed by atoms with Crippen LogP contribution in [0.25, 0.3) is 0 Å².